The maximum atomic E-state index is 4.49. The largest absolute Gasteiger partial charge is 0.367 e. The highest BCUT2D eigenvalue weighted by molar-refractivity contribution is 7.11. The summed E-state index contributed by atoms with van der Waals surface area (Å²) in [6.45, 7) is 7.06. The molecule has 26 heavy (non-hydrogen) atoms. The minimum absolute atomic E-state index is 0.391. The standard InChI is InChI=1S/C18H29N7S/c1-13-17(26-14(2)22-13)7-8-20-18(19-3)23-15-6-5-9-25(11-15)16-10-21-24(4)12-16/h10,12,15H,5-9,11H2,1-4H3,(H2,19,20,23). The van der Waals surface area contributed by atoms with Gasteiger partial charge >= 0.3 is 0 Å². The van der Waals surface area contributed by atoms with Crippen molar-refractivity contribution in [1.82, 2.24) is 25.4 Å². The van der Waals surface area contributed by atoms with E-state index in [-0.39, 0.29) is 0 Å². The Balaban J connectivity index is 1.49. The van der Waals surface area contributed by atoms with Crippen molar-refractivity contribution < 1.29 is 0 Å². The van der Waals surface area contributed by atoms with Crippen LogP contribution in [0, 0.1) is 13.8 Å². The molecule has 0 aromatic carbocycles. The van der Waals surface area contributed by atoms with Crippen LogP contribution < -0.4 is 15.5 Å². The summed E-state index contributed by atoms with van der Waals surface area (Å²) in [6.07, 6.45) is 7.32. The second kappa shape index (κ2) is 8.53. The number of piperidine rings is 1. The molecule has 2 aromatic heterocycles. The Bertz CT molecular complexity index is 749. The summed E-state index contributed by atoms with van der Waals surface area (Å²) in [5.74, 6) is 0.877. The van der Waals surface area contributed by atoms with E-state index in [1.54, 1.807) is 11.3 Å². The highest BCUT2D eigenvalue weighted by Gasteiger charge is 2.21. The van der Waals surface area contributed by atoms with E-state index in [0.29, 0.717) is 6.04 Å². The third-order valence-corrected chi connectivity index (χ3v) is 5.82. The van der Waals surface area contributed by atoms with Crippen LogP contribution >= 0.6 is 11.3 Å². The van der Waals surface area contributed by atoms with Crippen LogP contribution in [0.25, 0.3) is 0 Å². The van der Waals surface area contributed by atoms with E-state index in [9.17, 15) is 0 Å². The van der Waals surface area contributed by atoms with Crippen LogP contribution in [0.4, 0.5) is 5.69 Å². The topological polar surface area (TPSA) is 70.4 Å². The number of hydrogen-bond donors (Lipinski definition) is 2. The normalized spacial score (nSPS) is 18.2. The lowest BCUT2D eigenvalue weighted by Crippen LogP contribution is -2.51. The third kappa shape index (κ3) is 4.75. The average Bonchev–Trinajstić information content (AvgIpc) is 3.19. The van der Waals surface area contributed by atoms with Crippen molar-refractivity contribution in [2.45, 2.75) is 39.2 Å². The predicted octanol–water partition coefficient (Wildman–Crippen LogP) is 1.87. The molecule has 2 N–H and O–H groups in total. The Morgan fingerprint density at radius 2 is 2.27 bits per heavy atom. The lowest BCUT2D eigenvalue weighted by atomic mass is 10.1. The molecule has 0 saturated carbocycles. The fourth-order valence-electron chi connectivity index (χ4n) is 3.39. The Kier molecular flexibility index (Phi) is 6.13. The lowest BCUT2D eigenvalue weighted by Gasteiger charge is -2.34. The van der Waals surface area contributed by atoms with Gasteiger partial charge in [0.15, 0.2) is 5.96 Å². The number of aliphatic imine (C=N–C) groups is 1. The van der Waals surface area contributed by atoms with Gasteiger partial charge in [-0.05, 0) is 26.7 Å². The summed E-state index contributed by atoms with van der Waals surface area (Å²) >= 11 is 1.78. The first-order chi connectivity index (χ1) is 12.5. The molecule has 1 aliphatic rings. The molecule has 0 amide bonds. The predicted molar refractivity (Wildman–Crippen MR) is 108 cm³/mol. The van der Waals surface area contributed by atoms with E-state index in [4.69, 9.17) is 0 Å². The molecule has 3 rings (SSSR count). The number of thiazole rings is 1. The number of guanidine groups is 1. The van der Waals surface area contributed by atoms with Crippen LogP contribution in [-0.4, -0.2) is 53.4 Å². The molecule has 1 aliphatic heterocycles. The fraction of sp³-hybridized carbons (Fsp3) is 0.611. The van der Waals surface area contributed by atoms with Gasteiger partial charge in [-0.25, -0.2) is 4.98 Å². The van der Waals surface area contributed by atoms with Crippen LogP contribution in [0.2, 0.25) is 0 Å². The van der Waals surface area contributed by atoms with Crippen molar-refractivity contribution in [3.05, 3.63) is 28.0 Å². The smallest absolute Gasteiger partial charge is 0.191 e. The van der Waals surface area contributed by atoms with Gasteiger partial charge in [0, 0.05) is 57.3 Å². The molecular weight excluding hydrogens is 346 g/mol. The van der Waals surface area contributed by atoms with Crippen LogP contribution in [0.15, 0.2) is 17.4 Å². The van der Waals surface area contributed by atoms with Gasteiger partial charge in [-0.1, -0.05) is 0 Å². The van der Waals surface area contributed by atoms with Gasteiger partial charge in [-0.2, -0.15) is 5.10 Å². The Morgan fingerprint density at radius 3 is 2.92 bits per heavy atom. The van der Waals surface area contributed by atoms with Crippen molar-refractivity contribution >= 4 is 23.0 Å². The highest BCUT2D eigenvalue weighted by atomic mass is 32.1. The molecule has 1 atom stereocenters. The molecule has 1 fully saturated rings. The zero-order valence-corrected chi connectivity index (χ0v) is 16.9. The molecule has 2 aromatic rings. The number of nitrogens with zero attached hydrogens (tertiary/aromatic N) is 5. The number of anilines is 1. The zero-order valence-electron chi connectivity index (χ0n) is 16.1. The lowest BCUT2D eigenvalue weighted by molar-refractivity contribution is 0.468. The van der Waals surface area contributed by atoms with Crippen molar-refractivity contribution in [2.24, 2.45) is 12.0 Å². The maximum Gasteiger partial charge on any atom is 0.191 e. The van der Waals surface area contributed by atoms with E-state index in [1.807, 2.05) is 25.0 Å². The molecular formula is C18H29N7S. The van der Waals surface area contributed by atoms with Gasteiger partial charge in [-0.15, -0.1) is 11.3 Å². The van der Waals surface area contributed by atoms with Crippen molar-refractivity contribution in [3.8, 4) is 0 Å². The molecule has 8 heteroatoms. The van der Waals surface area contributed by atoms with Crippen LogP contribution in [-0.2, 0) is 13.5 Å². The summed E-state index contributed by atoms with van der Waals surface area (Å²) < 4.78 is 1.86. The van der Waals surface area contributed by atoms with E-state index >= 15 is 0 Å². The van der Waals surface area contributed by atoms with Gasteiger partial charge in [0.05, 0.1) is 22.6 Å². The first-order valence-electron chi connectivity index (χ1n) is 9.19. The highest BCUT2D eigenvalue weighted by Crippen LogP contribution is 2.19. The number of hydrogen-bond acceptors (Lipinski definition) is 5. The molecule has 0 aliphatic carbocycles. The monoisotopic (exact) mass is 375 g/mol. The third-order valence-electron chi connectivity index (χ3n) is 4.69. The van der Waals surface area contributed by atoms with Gasteiger partial charge in [0.1, 0.15) is 0 Å². The molecule has 1 saturated heterocycles. The average molecular weight is 376 g/mol. The van der Waals surface area contributed by atoms with Gasteiger partial charge in [0.2, 0.25) is 0 Å². The number of rotatable bonds is 5. The molecule has 0 bridgehead atoms. The van der Waals surface area contributed by atoms with E-state index in [2.05, 4.69) is 50.7 Å². The number of aryl methyl sites for hydroxylation is 3. The second-order valence-electron chi connectivity index (χ2n) is 6.79. The summed E-state index contributed by atoms with van der Waals surface area (Å²) in [6, 6.07) is 0.391. The molecule has 0 radical (unpaired) electrons. The molecule has 0 spiro atoms. The van der Waals surface area contributed by atoms with Gasteiger partial charge < -0.3 is 15.5 Å². The Hall–Kier alpha value is -2.09. The quantitative estimate of drug-likeness (QED) is 0.617. The molecule has 1 unspecified atom stereocenters. The minimum Gasteiger partial charge on any atom is -0.367 e. The van der Waals surface area contributed by atoms with Crippen LogP contribution in [0.5, 0.6) is 0 Å². The Morgan fingerprint density at radius 1 is 1.42 bits per heavy atom. The first-order valence-corrected chi connectivity index (χ1v) is 10.0. The number of aromatic nitrogens is 3. The molecule has 7 nitrogen and oxygen atoms in total. The van der Waals surface area contributed by atoms with Crippen molar-refractivity contribution in [3.63, 3.8) is 0 Å². The summed E-state index contributed by atoms with van der Waals surface area (Å²) in [7, 11) is 3.79. The first kappa shape index (κ1) is 18.7. The SMILES string of the molecule is CN=C(NCCc1sc(C)nc1C)NC1CCCN(c2cnn(C)c2)C1. The molecule has 3 heterocycles. The van der Waals surface area contributed by atoms with Crippen LogP contribution in [0.1, 0.15) is 28.4 Å². The Labute approximate surface area is 159 Å². The van der Waals surface area contributed by atoms with Crippen molar-refractivity contribution in [1.29, 1.82) is 0 Å². The van der Waals surface area contributed by atoms with E-state index in [1.165, 1.54) is 17.0 Å². The number of nitrogens with one attached hydrogen (secondary N) is 2. The summed E-state index contributed by atoms with van der Waals surface area (Å²) in [4.78, 5) is 12.6. The van der Waals surface area contributed by atoms with Crippen molar-refractivity contribution in [2.75, 3.05) is 31.6 Å². The van der Waals surface area contributed by atoms with Gasteiger partial charge in [-0.3, -0.25) is 9.67 Å². The fourth-order valence-corrected chi connectivity index (χ4v) is 4.33. The van der Waals surface area contributed by atoms with Crippen LogP contribution in [0.3, 0.4) is 0 Å². The van der Waals surface area contributed by atoms with E-state index < -0.39 is 0 Å². The second-order valence-corrected chi connectivity index (χ2v) is 8.08. The zero-order chi connectivity index (χ0) is 18.5. The summed E-state index contributed by atoms with van der Waals surface area (Å²) in [5, 5.41) is 12.4. The van der Waals surface area contributed by atoms with E-state index in [0.717, 1.165) is 49.1 Å². The van der Waals surface area contributed by atoms with Gasteiger partial charge in [0.25, 0.3) is 0 Å². The summed E-state index contributed by atoms with van der Waals surface area (Å²) in [5.41, 5.74) is 2.34. The minimum atomic E-state index is 0.391. The maximum absolute atomic E-state index is 4.49. The molecule has 142 valence electrons.